The number of quaternary nitrogens is 3. The molecule has 4 rings (SSSR count). The predicted molar refractivity (Wildman–Crippen MR) is 128 cm³/mol. The Labute approximate surface area is 188 Å². The molecular formula is C27H54N3+3. The Bertz CT molecular complexity index is 444. The van der Waals surface area contributed by atoms with Gasteiger partial charge in [0.2, 0.25) is 0 Å². The monoisotopic (exact) mass is 420 g/mol. The molecule has 0 spiro atoms. The van der Waals surface area contributed by atoms with E-state index in [9.17, 15) is 0 Å². The first-order chi connectivity index (χ1) is 14.4. The van der Waals surface area contributed by atoms with Crippen molar-refractivity contribution < 1.29 is 13.4 Å². The van der Waals surface area contributed by atoms with E-state index in [4.69, 9.17) is 0 Å². The molecule has 1 aliphatic carbocycles. The van der Waals surface area contributed by atoms with Crippen molar-refractivity contribution in [2.45, 2.75) is 77.0 Å². The second-order valence-corrected chi connectivity index (χ2v) is 13.2. The van der Waals surface area contributed by atoms with Gasteiger partial charge in [-0.25, -0.2) is 0 Å². The minimum atomic E-state index is 0.990. The summed E-state index contributed by atoms with van der Waals surface area (Å²) in [6.07, 6.45) is 17.9. The summed E-state index contributed by atoms with van der Waals surface area (Å²) in [4.78, 5) is 0. The van der Waals surface area contributed by atoms with Crippen molar-refractivity contribution in [3.8, 4) is 0 Å². The van der Waals surface area contributed by atoms with Gasteiger partial charge in [0.05, 0.1) is 80.0 Å². The molecule has 0 N–H and O–H groups in total. The Balaban J connectivity index is 1.42. The van der Waals surface area contributed by atoms with Crippen LogP contribution in [-0.2, 0) is 0 Å². The standard InChI is InChI=1S/C27H54N3/c1-28(13-7-4-8-14-28)22-25-19-26(23-29(2)15-9-5-10-16-29)21-27(20-25)24-30(3)17-11-6-12-18-30/h25-27H,4-24H2,1-3H3/q+3. The molecule has 30 heavy (non-hydrogen) atoms. The molecule has 174 valence electrons. The fraction of sp³-hybridized carbons (Fsp3) is 1.00. The Morgan fingerprint density at radius 1 is 0.400 bits per heavy atom. The molecule has 0 aromatic rings. The van der Waals surface area contributed by atoms with E-state index in [1.54, 1.807) is 19.3 Å². The zero-order valence-electron chi connectivity index (χ0n) is 20.9. The Kier molecular flexibility index (Phi) is 7.52. The summed E-state index contributed by atoms with van der Waals surface area (Å²) in [5, 5.41) is 0. The van der Waals surface area contributed by atoms with Crippen molar-refractivity contribution in [2.24, 2.45) is 17.8 Å². The third-order valence-corrected chi connectivity index (χ3v) is 9.78. The van der Waals surface area contributed by atoms with Crippen LogP contribution in [0.15, 0.2) is 0 Å². The number of piperidine rings is 3. The quantitative estimate of drug-likeness (QED) is 0.536. The van der Waals surface area contributed by atoms with Crippen LogP contribution in [0.5, 0.6) is 0 Å². The lowest BCUT2D eigenvalue weighted by Crippen LogP contribution is -2.55. The average molecular weight is 421 g/mol. The molecule has 3 heterocycles. The molecule has 4 aliphatic rings. The van der Waals surface area contributed by atoms with Gasteiger partial charge < -0.3 is 13.4 Å². The molecule has 3 heteroatoms. The first-order valence-corrected chi connectivity index (χ1v) is 13.9. The van der Waals surface area contributed by atoms with Gasteiger partial charge in [-0.2, -0.15) is 0 Å². The van der Waals surface area contributed by atoms with E-state index >= 15 is 0 Å². The highest BCUT2D eigenvalue weighted by Crippen LogP contribution is 2.39. The van der Waals surface area contributed by atoms with Crippen molar-refractivity contribution in [2.75, 3.05) is 80.0 Å². The first-order valence-electron chi connectivity index (χ1n) is 13.9. The van der Waals surface area contributed by atoms with E-state index in [-0.39, 0.29) is 0 Å². The summed E-state index contributed by atoms with van der Waals surface area (Å²) in [7, 11) is 7.78. The molecule has 0 unspecified atom stereocenters. The van der Waals surface area contributed by atoms with Crippen molar-refractivity contribution in [3.63, 3.8) is 0 Å². The molecule has 3 aliphatic heterocycles. The molecule has 0 amide bonds. The summed E-state index contributed by atoms with van der Waals surface area (Å²) >= 11 is 0. The minimum absolute atomic E-state index is 0.990. The molecule has 0 bridgehead atoms. The van der Waals surface area contributed by atoms with Crippen LogP contribution in [0.3, 0.4) is 0 Å². The number of rotatable bonds is 6. The van der Waals surface area contributed by atoms with Crippen molar-refractivity contribution in [1.82, 2.24) is 0 Å². The molecule has 3 saturated heterocycles. The molecule has 3 nitrogen and oxygen atoms in total. The highest BCUT2D eigenvalue weighted by molar-refractivity contribution is 4.80. The van der Waals surface area contributed by atoms with Crippen LogP contribution in [0.1, 0.15) is 77.0 Å². The molecule has 0 aromatic carbocycles. The van der Waals surface area contributed by atoms with Gasteiger partial charge >= 0.3 is 0 Å². The highest BCUT2D eigenvalue weighted by atomic mass is 15.3. The van der Waals surface area contributed by atoms with E-state index < -0.39 is 0 Å². The topological polar surface area (TPSA) is 0 Å². The van der Waals surface area contributed by atoms with Crippen molar-refractivity contribution in [3.05, 3.63) is 0 Å². The maximum absolute atomic E-state index is 2.59. The Morgan fingerprint density at radius 3 is 0.867 bits per heavy atom. The van der Waals surface area contributed by atoms with Gasteiger partial charge in [-0.1, -0.05) is 0 Å². The second-order valence-electron chi connectivity index (χ2n) is 13.2. The van der Waals surface area contributed by atoms with Gasteiger partial charge in [-0.3, -0.25) is 0 Å². The normalized spacial score (nSPS) is 36.3. The van der Waals surface area contributed by atoms with Crippen LogP contribution in [0.25, 0.3) is 0 Å². The lowest BCUT2D eigenvalue weighted by molar-refractivity contribution is -0.923. The summed E-state index contributed by atoms with van der Waals surface area (Å²) in [5.41, 5.74) is 0. The van der Waals surface area contributed by atoms with Gasteiger partial charge in [0.15, 0.2) is 0 Å². The van der Waals surface area contributed by atoms with Gasteiger partial charge in [-0.05, 0) is 77.0 Å². The van der Waals surface area contributed by atoms with Crippen LogP contribution in [-0.4, -0.2) is 93.5 Å². The number of hydrogen-bond donors (Lipinski definition) is 0. The SMILES string of the molecule is C[N+]1(CC2CC(C[N+]3(C)CCCCC3)CC(C[N+]3(C)CCCCC3)C2)CCCCC1. The van der Waals surface area contributed by atoms with Crippen LogP contribution < -0.4 is 0 Å². The molecule has 0 aromatic heterocycles. The summed E-state index contributed by atoms with van der Waals surface area (Å²) in [6, 6.07) is 0. The van der Waals surface area contributed by atoms with Crippen LogP contribution in [0, 0.1) is 17.8 Å². The molecule has 4 fully saturated rings. The van der Waals surface area contributed by atoms with E-state index in [2.05, 4.69) is 21.1 Å². The van der Waals surface area contributed by atoms with Gasteiger partial charge in [-0.15, -0.1) is 0 Å². The largest absolute Gasteiger partial charge is 0.326 e. The molecular weight excluding hydrogens is 366 g/mol. The van der Waals surface area contributed by atoms with Gasteiger partial charge in [0, 0.05) is 17.8 Å². The summed E-state index contributed by atoms with van der Waals surface area (Å²) < 4.78 is 4.17. The van der Waals surface area contributed by atoms with Crippen LogP contribution in [0.2, 0.25) is 0 Å². The van der Waals surface area contributed by atoms with Crippen molar-refractivity contribution >= 4 is 0 Å². The van der Waals surface area contributed by atoms with Crippen molar-refractivity contribution in [1.29, 1.82) is 0 Å². The van der Waals surface area contributed by atoms with E-state index in [0.29, 0.717) is 0 Å². The van der Waals surface area contributed by atoms with E-state index in [1.165, 1.54) is 130 Å². The maximum atomic E-state index is 2.59. The lowest BCUT2D eigenvalue weighted by atomic mass is 9.73. The first kappa shape index (κ1) is 23.1. The Morgan fingerprint density at radius 2 is 0.633 bits per heavy atom. The maximum Gasteiger partial charge on any atom is 0.0813 e. The Hall–Kier alpha value is -0.120. The second kappa shape index (κ2) is 9.79. The van der Waals surface area contributed by atoms with Crippen LogP contribution in [0.4, 0.5) is 0 Å². The zero-order valence-corrected chi connectivity index (χ0v) is 20.9. The minimum Gasteiger partial charge on any atom is -0.326 e. The van der Waals surface area contributed by atoms with Gasteiger partial charge in [0.25, 0.3) is 0 Å². The fourth-order valence-corrected chi connectivity index (χ4v) is 8.39. The summed E-state index contributed by atoms with van der Waals surface area (Å²) in [6.45, 7) is 13.2. The third kappa shape index (κ3) is 6.23. The van der Waals surface area contributed by atoms with E-state index in [1.807, 2.05) is 0 Å². The molecule has 1 saturated carbocycles. The number of nitrogens with zero attached hydrogens (tertiary/aromatic N) is 3. The molecule has 0 atom stereocenters. The van der Waals surface area contributed by atoms with E-state index in [0.717, 1.165) is 17.8 Å². The summed E-state index contributed by atoms with van der Waals surface area (Å²) in [5.74, 6) is 2.97. The van der Waals surface area contributed by atoms with Crippen LogP contribution >= 0.6 is 0 Å². The predicted octanol–water partition coefficient (Wildman–Crippen LogP) is 4.91. The highest BCUT2D eigenvalue weighted by Gasteiger charge is 2.41. The third-order valence-electron chi connectivity index (χ3n) is 9.78. The molecule has 0 radical (unpaired) electrons. The lowest BCUT2D eigenvalue weighted by Gasteiger charge is -2.47. The average Bonchev–Trinajstić information content (AvgIpc) is 2.68. The fourth-order valence-electron chi connectivity index (χ4n) is 8.39. The smallest absolute Gasteiger partial charge is 0.0813 e. The zero-order chi connectivity index (χ0) is 21.1. The number of hydrogen-bond acceptors (Lipinski definition) is 0. The van der Waals surface area contributed by atoms with Gasteiger partial charge in [0.1, 0.15) is 0 Å². The number of likely N-dealkylation sites (tertiary alicyclic amines) is 3.